The first-order chi connectivity index (χ1) is 4.63. The van der Waals surface area contributed by atoms with Crippen molar-refractivity contribution >= 4 is 15.4 Å². The fourth-order valence-corrected chi connectivity index (χ4v) is 1.93. The summed E-state index contributed by atoms with van der Waals surface area (Å²) >= 11 is 0. The van der Waals surface area contributed by atoms with Crippen LogP contribution in [0.25, 0.3) is 0 Å². The largest absolute Gasteiger partial charge is 0.480 e. The molecule has 0 aromatic rings. The first kappa shape index (κ1) is 7.96. The summed E-state index contributed by atoms with van der Waals surface area (Å²) in [5.41, 5.74) is 0. The third kappa shape index (κ3) is 1.30. The van der Waals surface area contributed by atoms with E-state index in [1.165, 1.54) is 0 Å². The SMILES string of the molecule is CC1CCN(P)C1C(=O)O. The summed E-state index contributed by atoms with van der Waals surface area (Å²) in [6.07, 6.45) is 0.987. The number of hydrogen-bond acceptors (Lipinski definition) is 2. The van der Waals surface area contributed by atoms with E-state index in [2.05, 4.69) is 9.39 Å². The monoisotopic (exact) mass is 161 g/mol. The smallest absolute Gasteiger partial charge is 0.321 e. The van der Waals surface area contributed by atoms with Crippen molar-refractivity contribution in [2.24, 2.45) is 5.92 Å². The highest BCUT2D eigenvalue weighted by Crippen LogP contribution is 2.26. The molecule has 3 atom stereocenters. The molecule has 0 aliphatic carbocycles. The summed E-state index contributed by atoms with van der Waals surface area (Å²) < 4.78 is 1.81. The van der Waals surface area contributed by atoms with Crippen LogP contribution in [0.15, 0.2) is 0 Å². The van der Waals surface area contributed by atoms with Crippen LogP contribution in [-0.2, 0) is 4.79 Å². The Morgan fingerprint density at radius 3 is 2.60 bits per heavy atom. The molecule has 4 heteroatoms. The molecule has 3 nitrogen and oxygen atoms in total. The van der Waals surface area contributed by atoms with Crippen molar-refractivity contribution in [3.05, 3.63) is 0 Å². The number of aliphatic carboxylic acids is 1. The van der Waals surface area contributed by atoms with Crippen molar-refractivity contribution in [2.45, 2.75) is 19.4 Å². The minimum Gasteiger partial charge on any atom is -0.480 e. The van der Waals surface area contributed by atoms with Gasteiger partial charge in [-0.3, -0.25) is 9.46 Å². The van der Waals surface area contributed by atoms with Crippen LogP contribution in [0.2, 0.25) is 0 Å². The van der Waals surface area contributed by atoms with Crippen molar-refractivity contribution < 1.29 is 9.90 Å². The number of carboxylic acids is 1. The van der Waals surface area contributed by atoms with E-state index in [0.717, 1.165) is 13.0 Å². The first-order valence-electron chi connectivity index (χ1n) is 3.37. The van der Waals surface area contributed by atoms with Gasteiger partial charge in [0.1, 0.15) is 6.04 Å². The minimum absolute atomic E-state index is 0.287. The molecule has 10 heavy (non-hydrogen) atoms. The number of hydrogen-bond donors (Lipinski definition) is 1. The molecule has 0 bridgehead atoms. The maximum absolute atomic E-state index is 10.6. The van der Waals surface area contributed by atoms with Gasteiger partial charge >= 0.3 is 5.97 Å². The number of carboxylic acid groups (broad SMARTS) is 1. The fraction of sp³-hybridized carbons (Fsp3) is 0.833. The molecule has 1 heterocycles. The van der Waals surface area contributed by atoms with E-state index in [0.29, 0.717) is 0 Å². The summed E-state index contributed by atoms with van der Waals surface area (Å²) in [6.45, 7) is 2.85. The van der Waals surface area contributed by atoms with Gasteiger partial charge in [0.25, 0.3) is 0 Å². The predicted octanol–water partition coefficient (Wildman–Crippen LogP) is 0.571. The normalized spacial score (nSPS) is 34.6. The van der Waals surface area contributed by atoms with Crippen LogP contribution in [0, 0.1) is 5.92 Å². The van der Waals surface area contributed by atoms with E-state index in [1.54, 1.807) is 0 Å². The van der Waals surface area contributed by atoms with Crippen LogP contribution >= 0.6 is 9.39 Å². The number of rotatable bonds is 1. The number of carbonyl (C=O) groups is 1. The highest BCUT2D eigenvalue weighted by Gasteiger charge is 2.34. The second kappa shape index (κ2) is 2.85. The molecule has 58 valence electrons. The quantitative estimate of drug-likeness (QED) is 0.571. The van der Waals surface area contributed by atoms with Crippen LogP contribution in [-0.4, -0.2) is 28.3 Å². The summed E-state index contributed by atoms with van der Waals surface area (Å²) in [5, 5.41) is 8.70. The molecule has 3 unspecified atom stereocenters. The average Bonchev–Trinajstić information content (AvgIpc) is 2.11. The van der Waals surface area contributed by atoms with Gasteiger partial charge in [-0.05, 0) is 12.3 Å². The Kier molecular flexibility index (Phi) is 2.27. The fourth-order valence-electron chi connectivity index (χ4n) is 1.36. The molecule has 1 fully saturated rings. The second-order valence-corrected chi connectivity index (χ2v) is 3.45. The minimum atomic E-state index is -0.708. The summed E-state index contributed by atoms with van der Waals surface area (Å²) in [6, 6.07) is -0.287. The zero-order valence-electron chi connectivity index (χ0n) is 5.95. The molecule has 0 aromatic heterocycles. The van der Waals surface area contributed by atoms with Gasteiger partial charge in [-0.25, -0.2) is 0 Å². The van der Waals surface area contributed by atoms with Crippen molar-refractivity contribution in [3.8, 4) is 0 Å². The topological polar surface area (TPSA) is 40.5 Å². The maximum Gasteiger partial charge on any atom is 0.321 e. The summed E-state index contributed by atoms with van der Waals surface area (Å²) in [5.74, 6) is -0.421. The molecular formula is C6H12NO2P. The Labute approximate surface area is 62.7 Å². The predicted molar refractivity (Wildman–Crippen MR) is 41.6 cm³/mol. The lowest BCUT2D eigenvalue weighted by molar-refractivity contribution is -0.141. The average molecular weight is 161 g/mol. The Bertz CT molecular complexity index is 141. The molecule has 1 aliphatic heterocycles. The Morgan fingerprint density at radius 2 is 2.40 bits per heavy atom. The van der Waals surface area contributed by atoms with Crippen LogP contribution in [0.4, 0.5) is 0 Å². The summed E-state index contributed by atoms with van der Waals surface area (Å²) in [4.78, 5) is 10.6. The Balaban J connectivity index is 2.63. The highest BCUT2D eigenvalue weighted by atomic mass is 31.0. The maximum atomic E-state index is 10.6. The van der Waals surface area contributed by atoms with Gasteiger partial charge in [0, 0.05) is 6.54 Å². The lowest BCUT2D eigenvalue weighted by Gasteiger charge is -2.16. The van der Waals surface area contributed by atoms with E-state index in [9.17, 15) is 4.79 Å². The van der Waals surface area contributed by atoms with E-state index < -0.39 is 5.97 Å². The van der Waals surface area contributed by atoms with Gasteiger partial charge in [-0.15, -0.1) is 0 Å². The van der Waals surface area contributed by atoms with Crippen LogP contribution in [0.5, 0.6) is 0 Å². The van der Waals surface area contributed by atoms with Gasteiger partial charge in [0.2, 0.25) is 0 Å². The van der Waals surface area contributed by atoms with Gasteiger partial charge in [-0.2, -0.15) is 0 Å². The van der Waals surface area contributed by atoms with Crippen LogP contribution in [0.3, 0.4) is 0 Å². The molecule has 0 radical (unpaired) electrons. The highest BCUT2D eigenvalue weighted by molar-refractivity contribution is 7.13. The third-order valence-electron chi connectivity index (χ3n) is 1.99. The van der Waals surface area contributed by atoms with E-state index in [4.69, 9.17) is 5.11 Å². The van der Waals surface area contributed by atoms with E-state index >= 15 is 0 Å². The molecule has 1 N–H and O–H groups in total. The van der Waals surface area contributed by atoms with Gasteiger partial charge in [-0.1, -0.05) is 16.3 Å². The standard InChI is InChI=1S/C6H12NO2P/c1-4-2-3-7(10)5(4)6(8)9/h4-5H,2-3,10H2,1H3,(H,8,9). The van der Waals surface area contributed by atoms with E-state index in [-0.39, 0.29) is 12.0 Å². The second-order valence-electron chi connectivity index (χ2n) is 2.79. The lowest BCUT2D eigenvalue weighted by atomic mass is 10.0. The van der Waals surface area contributed by atoms with Gasteiger partial charge in [0.05, 0.1) is 0 Å². The van der Waals surface area contributed by atoms with Crippen molar-refractivity contribution in [2.75, 3.05) is 6.54 Å². The van der Waals surface area contributed by atoms with Crippen molar-refractivity contribution in [1.82, 2.24) is 4.67 Å². The van der Waals surface area contributed by atoms with E-state index in [1.807, 2.05) is 11.6 Å². The molecule has 1 aliphatic rings. The molecule has 1 rings (SSSR count). The molecular weight excluding hydrogens is 149 g/mol. The third-order valence-corrected chi connectivity index (χ3v) is 2.57. The van der Waals surface area contributed by atoms with Crippen LogP contribution < -0.4 is 0 Å². The number of nitrogens with zero attached hydrogens (tertiary/aromatic N) is 1. The van der Waals surface area contributed by atoms with Crippen molar-refractivity contribution in [3.63, 3.8) is 0 Å². The Morgan fingerprint density at radius 1 is 1.80 bits per heavy atom. The molecule has 1 saturated heterocycles. The molecule has 0 amide bonds. The summed E-state index contributed by atoms with van der Waals surface area (Å²) in [7, 11) is 2.46. The van der Waals surface area contributed by atoms with Gasteiger partial charge in [0.15, 0.2) is 0 Å². The van der Waals surface area contributed by atoms with Gasteiger partial charge < -0.3 is 5.11 Å². The molecule has 0 aromatic carbocycles. The molecule has 0 saturated carbocycles. The van der Waals surface area contributed by atoms with Crippen molar-refractivity contribution in [1.29, 1.82) is 0 Å². The zero-order chi connectivity index (χ0) is 7.72. The molecule has 0 spiro atoms. The Hall–Kier alpha value is -0.140. The van der Waals surface area contributed by atoms with Crippen LogP contribution in [0.1, 0.15) is 13.3 Å². The zero-order valence-corrected chi connectivity index (χ0v) is 7.10. The first-order valence-corrected chi connectivity index (χ1v) is 3.88. The lowest BCUT2D eigenvalue weighted by Crippen LogP contribution is -2.32.